The molecule has 19 heteroatoms. The largest absolute Gasteiger partial charge is 0.472 e. The van der Waals surface area contributed by atoms with Crippen molar-refractivity contribution in [3.8, 4) is 0 Å². The first-order chi connectivity index (χ1) is 54.7. The van der Waals surface area contributed by atoms with Crippen LogP contribution in [0.4, 0.5) is 0 Å². The van der Waals surface area contributed by atoms with Crippen LogP contribution in [0.5, 0.6) is 0 Å². The van der Waals surface area contributed by atoms with Crippen LogP contribution in [0, 0.1) is 0 Å². The van der Waals surface area contributed by atoms with Gasteiger partial charge in [-0.2, -0.15) is 0 Å². The van der Waals surface area contributed by atoms with Crippen LogP contribution < -0.4 is 0 Å². The molecule has 0 aromatic rings. The predicted molar refractivity (Wildman–Crippen MR) is 463 cm³/mol. The van der Waals surface area contributed by atoms with Crippen molar-refractivity contribution in [1.82, 2.24) is 0 Å². The van der Waals surface area contributed by atoms with E-state index in [9.17, 15) is 43.2 Å². The Labute approximate surface area is 678 Å². The summed E-state index contributed by atoms with van der Waals surface area (Å²) in [6.07, 6.45) is 104. The predicted octanol–water partition coefficient (Wildman–Crippen LogP) is 25.4. The fourth-order valence-electron chi connectivity index (χ4n) is 10.3. The first kappa shape index (κ1) is 106. The molecule has 0 saturated heterocycles. The number of esters is 4. The number of ether oxygens (including phenoxy) is 4. The lowest BCUT2D eigenvalue weighted by Crippen LogP contribution is -2.30. The van der Waals surface area contributed by atoms with E-state index in [1.807, 2.05) is 18.2 Å². The van der Waals surface area contributed by atoms with Crippen LogP contribution in [0.1, 0.15) is 297 Å². The first-order valence-corrected chi connectivity index (χ1v) is 45.3. The summed E-state index contributed by atoms with van der Waals surface area (Å²) in [4.78, 5) is 73.2. The average Bonchev–Trinajstić information content (AvgIpc) is 0.907. The number of aliphatic hydroxyl groups is 1. The Hall–Kier alpha value is -6.36. The van der Waals surface area contributed by atoms with Gasteiger partial charge in [-0.15, -0.1) is 0 Å². The minimum atomic E-state index is -5.02. The van der Waals surface area contributed by atoms with E-state index in [1.54, 1.807) is 0 Å². The summed E-state index contributed by atoms with van der Waals surface area (Å²) in [5, 5.41) is 10.7. The van der Waals surface area contributed by atoms with Gasteiger partial charge < -0.3 is 33.8 Å². The van der Waals surface area contributed by atoms with Crippen molar-refractivity contribution < 1.29 is 80.2 Å². The van der Waals surface area contributed by atoms with E-state index < -0.39 is 97.5 Å². The van der Waals surface area contributed by atoms with Crippen LogP contribution in [0.2, 0.25) is 0 Å². The molecule has 3 N–H and O–H groups in total. The molecule has 0 rings (SSSR count). The maximum absolute atomic E-state index is 13.1. The van der Waals surface area contributed by atoms with Crippen LogP contribution in [-0.4, -0.2) is 96.7 Å². The Balaban J connectivity index is 5.56. The minimum Gasteiger partial charge on any atom is -0.462 e. The van der Waals surface area contributed by atoms with Gasteiger partial charge in [0.25, 0.3) is 0 Å². The smallest absolute Gasteiger partial charge is 0.462 e. The number of phosphoric acid groups is 2. The van der Waals surface area contributed by atoms with Crippen molar-refractivity contribution in [1.29, 1.82) is 0 Å². The Morgan fingerprint density at radius 1 is 0.259 bits per heavy atom. The summed E-state index contributed by atoms with van der Waals surface area (Å²) < 4.78 is 68.6. The van der Waals surface area contributed by atoms with E-state index in [0.717, 1.165) is 173 Å². The average molecular weight is 1600 g/mol. The zero-order valence-corrected chi connectivity index (χ0v) is 71.0. The molecule has 0 radical (unpaired) electrons. The van der Waals surface area contributed by atoms with Gasteiger partial charge in [0.05, 0.1) is 26.4 Å². The molecule has 0 heterocycles. The lowest BCUT2D eigenvalue weighted by molar-refractivity contribution is -0.161. The second kappa shape index (κ2) is 82.6. The maximum atomic E-state index is 13.1. The third-order valence-corrected chi connectivity index (χ3v) is 18.6. The highest BCUT2D eigenvalue weighted by atomic mass is 31.2. The van der Waals surface area contributed by atoms with Crippen LogP contribution in [0.25, 0.3) is 0 Å². The number of unbranched alkanes of at least 4 members (excludes halogenated alkanes) is 17. The van der Waals surface area contributed by atoms with Crippen LogP contribution >= 0.6 is 15.6 Å². The molecule has 0 fully saturated rings. The van der Waals surface area contributed by atoms with E-state index in [0.29, 0.717) is 32.1 Å². The number of carbonyl (C=O) groups excluding carboxylic acids is 4. The monoisotopic (exact) mass is 1600 g/mol. The molecular formula is C93H148O17P2. The van der Waals surface area contributed by atoms with Crippen molar-refractivity contribution in [2.24, 2.45) is 0 Å². The summed E-state index contributed by atoms with van der Waals surface area (Å²) in [6, 6.07) is 0. The van der Waals surface area contributed by atoms with Gasteiger partial charge in [0.1, 0.15) is 19.3 Å². The standard InChI is InChI=1S/C93H148O17P2/c1-5-9-13-17-21-25-29-33-37-40-43-46-50-54-58-62-66-70-74-78-91(96)104-84-89(110-93(98)80-76-72-68-64-60-56-52-48-45-42-39-35-31-27-23-19-15-11-7-3)86-108-112(101,102)106-82-87(94)81-105-111(99,100)107-85-88(83-103-90(95)77-73-69-65-61-57-53-49-36-32-28-24-20-16-12-8-4)109-92(97)79-75-71-67-63-59-55-51-47-44-41-38-34-30-26-22-18-14-10-6-2/h10-11,14-15,21-28,33-39,43-49,54-56,58-60,66,70,87-89,94H,5-9,12-13,16-20,29-32,40-42,50-53,57,61-65,67-69,71-86H2,1-4H3,(H,99,100)(H,101,102)/b14-10-,15-11-,25-21-,26-22-,27-23-,28-24-,37-33-,38-34-,39-35-,46-43-,47-44-,48-45-,49-36-,58-54-,59-55-,60-56-,70-66-/t87-,88+,89+/m0/s1. The highest BCUT2D eigenvalue weighted by molar-refractivity contribution is 7.47. The molecule has 0 bridgehead atoms. The van der Waals surface area contributed by atoms with E-state index in [2.05, 4.69) is 216 Å². The number of phosphoric ester groups is 2. The van der Waals surface area contributed by atoms with Gasteiger partial charge in [-0.1, -0.05) is 292 Å². The van der Waals surface area contributed by atoms with Crippen molar-refractivity contribution in [2.75, 3.05) is 39.6 Å². The lowest BCUT2D eigenvalue weighted by atomic mass is 10.1. The molecule has 2 unspecified atom stereocenters. The third-order valence-electron chi connectivity index (χ3n) is 16.7. The van der Waals surface area contributed by atoms with Crippen LogP contribution in [0.3, 0.4) is 0 Å². The second-order valence-corrected chi connectivity index (χ2v) is 30.2. The molecule has 0 spiro atoms. The van der Waals surface area contributed by atoms with Crippen molar-refractivity contribution in [3.05, 3.63) is 207 Å². The summed E-state index contributed by atoms with van der Waals surface area (Å²) in [5.74, 6) is -2.38. The van der Waals surface area contributed by atoms with E-state index in [1.165, 1.54) is 38.5 Å². The molecule has 0 aliphatic carbocycles. The molecule has 17 nitrogen and oxygen atoms in total. The number of rotatable bonds is 77. The van der Waals surface area contributed by atoms with Crippen LogP contribution in [-0.2, 0) is 65.4 Å². The Kier molecular flexibility index (Phi) is 77.9. The lowest BCUT2D eigenvalue weighted by Gasteiger charge is -2.21. The summed E-state index contributed by atoms with van der Waals surface area (Å²) in [7, 11) is -10.0. The Bertz CT molecular complexity index is 2940. The van der Waals surface area contributed by atoms with Crippen molar-refractivity contribution in [3.63, 3.8) is 0 Å². The Morgan fingerprint density at radius 3 is 0.777 bits per heavy atom. The van der Waals surface area contributed by atoms with Gasteiger partial charge in [0.2, 0.25) is 0 Å². The number of hydrogen-bond acceptors (Lipinski definition) is 15. The van der Waals surface area contributed by atoms with E-state index in [-0.39, 0.29) is 25.7 Å². The number of aliphatic hydroxyl groups excluding tert-OH is 1. The zero-order chi connectivity index (χ0) is 81.7. The highest BCUT2D eigenvalue weighted by Crippen LogP contribution is 2.45. The molecule has 5 atom stereocenters. The van der Waals surface area contributed by atoms with Gasteiger partial charge in [0, 0.05) is 25.7 Å². The first-order valence-electron chi connectivity index (χ1n) is 42.3. The fourth-order valence-corrected chi connectivity index (χ4v) is 11.9. The number of allylic oxidation sites excluding steroid dienone is 34. The topological polar surface area (TPSA) is 237 Å². The van der Waals surface area contributed by atoms with Crippen molar-refractivity contribution >= 4 is 39.5 Å². The molecule has 0 saturated carbocycles. The number of carbonyl (C=O) groups is 4. The third kappa shape index (κ3) is 81.6. The normalized spacial score (nSPS) is 14.8. The van der Waals surface area contributed by atoms with Gasteiger partial charge in [0.15, 0.2) is 12.2 Å². The van der Waals surface area contributed by atoms with Gasteiger partial charge in [-0.05, 0) is 186 Å². The molecule has 632 valence electrons. The van der Waals surface area contributed by atoms with Crippen LogP contribution in [0.15, 0.2) is 207 Å². The second-order valence-electron chi connectivity index (χ2n) is 27.3. The summed E-state index contributed by atoms with van der Waals surface area (Å²) in [5.41, 5.74) is 0. The molecule has 0 aliphatic rings. The van der Waals surface area contributed by atoms with Gasteiger partial charge >= 0.3 is 39.5 Å². The van der Waals surface area contributed by atoms with E-state index in [4.69, 9.17) is 37.0 Å². The molecule has 0 aromatic carbocycles. The molecule has 112 heavy (non-hydrogen) atoms. The quantitative estimate of drug-likeness (QED) is 0.0169. The maximum Gasteiger partial charge on any atom is 0.472 e. The Morgan fingerprint density at radius 2 is 0.482 bits per heavy atom. The summed E-state index contributed by atoms with van der Waals surface area (Å²) >= 11 is 0. The zero-order valence-electron chi connectivity index (χ0n) is 69.3. The highest BCUT2D eigenvalue weighted by Gasteiger charge is 2.30. The number of hydrogen-bond donors (Lipinski definition) is 3. The molecular weight excluding hydrogens is 1450 g/mol. The van der Waals surface area contributed by atoms with Gasteiger partial charge in [-0.3, -0.25) is 37.3 Å². The van der Waals surface area contributed by atoms with Gasteiger partial charge in [-0.25, -0.2) is 9.13 Å². The molecule has 0 amide bonds. The van der Waals surface area contributed by atoms with Crippen molar-refractivity contribution in [2.45, 2.75) is 316 Å². The fraction of sp³-hybridized carbons (Fsp3) is 0.591. The summed E-state index contributed by atoms with van der Waals surface area (Å²) in [6.45, 7) is 4.40. The van der Waals surface area contributed by atoms with E-state index >= 15 is 0 Å². The SMILES string of the molecule is CC/C=C\C/C=C\C/C=C\C/C=C\C/C=C\CCCCCC(=O)O[C@H](COC(=O)CC/C=C\C/C=C\C/C=C\C/C=C\C/C=C\CCCCC)COP(=O)(O)OC[C@@H](O)COP(=O)(O)OC[C@@H](COC(=O)CCCCCCC/C=C\C/C=C\CCCCC)OC(=O)CCCCC/C=C\C/C=C\C/C=C\C/C=C\C/C=C\CC. The molecule has 0 aliphatic heterocycles. The minimum absolute atomic E-state index is 0.0209. The molecule has 0 aromatic heterocycles.